The van der Waals surface area contributed by atoms with E-state index in [0.717, 1.165) is 11.1 Å². The molecule has 0 saturated heterocycles. The molecular weight excluding hydrogens is 305 g/mol. The zero-order chi connectivity index (χ0) is 15.0. The van der Waals surface area contributed by atoms with Crippen LogP contribution in [0.5, 0.6) is 0 Å². The Bertz CT molecular complexity index is 711. The van der Waals surface area contributed by atoms with Crippen molar-refractivity contribution in [1.82, 2.24) is 0 Å². The van der Waals surface area contributed by atoms with Crippen molar-refractivity contribution in [1.29, 1.82) is 5.26 Å². The fourth-order valence-electron chi connectivity index (χ4n) is 3.00. The molecule has 1 aliphatic carbocycles. The average Bonchev–Trinajstić information content (AvgIpc) is 2.86. The lowest BCUT2D eigenvalue weighted by molar-refractivity contribution is 0.0694. The molecule has 0 aromatic heterocycles. The lowest BCUT2D eigenvalue weighted by atomic mass is 9.77. The second kappa shape index (κ2) is 5.35. The molecule has 1 N–H and O–H groups in total. The van der Waals surface area contributed by atoms with Crippen LogP contribution in [0.3, 0.4) is 0 Å². The number of benzene rings is 2. The minimum absolute atomic E-state index is 0.389. The van der Waals surface area contributed by atoms with Gasteiger partial charge in [-0.15, -0.1) is 0 Å². The summed E-state index contributed by atoms with van der Waals surface area (Å²) in [6.07, 6.45) is 0.110. The van der Waals surface area contributed by atoms with Crippen molar-refractivity contribution in [2.75, 3.05) is 0 Å². The van der Waals surface area contributed by atoms with Crippen LogP contribution in [0.25, 0.3) is 0 Å². The van der Waals surface area contributed by atoms with Crippen LogP contribution in [0.1, 0.15) is 22.8 Å². The van der Waals surface area contributed by atoms with Crippen molar-refractivity contribution in [3.63, 3.8) is 0 Å². The highest BCUT2D eigenvalue weighted by atomic mass is 35.5. The second-order valence-electron chi connectivity index (χ2n) is 5.46. The highest BCUT2D eigenvalue weighted by Crippen LogP contribution is 2.47. The number of aliphatic hydroxyl groups is 1. The van der Waals surface area contributed by atoms with Gasteiger partial charge in [-0.3, -0.25) is 0 Å². The van der Waals surface area contributed by atoms with Crippen LogP contribution in [0.2, 0.25) is 10.0 Å². The normalized spacial score (nSPS) is 17.0. The van der Waals surface area contributed by atoms with Gasteiger partial charge < -0.3 is 5.11 Å². The van der Waals surface area contributed by atoms with E-state index in [2.05, 4.69) is 6.07 Å². The highest BCUT2D eigenvalue weighted by molar-refractivity contribution is 6.35. The largest absolute Gasteiger partial charge is 0.387 e. The van der Waals surface area contributed by atoms with E-state index in [4.69, 9.17) is 23.2 Å². The number of hydrogen-bond acceptors (Lipinski definition) is 2. The van der Waals surface area contributed by atoms with Gasteiger partial charge in [-0.25, -0.2) is 0 Å². The molecule has 0 radical (unpaired) electrons. The summed E-state index contributed by atoms with van der Waals surface area (Å²) < 4.78 is 0. The van der Waals surface area contributed by atoms with Gasteiger partial charge in [0.1, 0.15) is 0 Å². The van der Waals surface area contributed by atoms with Gasteiger partial charge in [-0.1, -0.05) is 53.5 Å². The van der Waals surface area contributed by atoms with Gasteiger partial charge in [0.2, 0.25) is 0 Å². The number of nitrogens with zero attached hydrogens (tertiary/aromatic N) is 1. The molecule has 0 fully saturated rings. The first-order valence-corrected chi connectivity index (χ1v) is 7.42. The molecule has 2 nitrogen and oxygen atoms in total. The van der Waals surface area contributed by atoms with Crippen molar-refractivity contribution in [2.45, 2.75) is 18.9 Å². The van der Waals surface area contributed by atoms with Crippen LogP contribution >= 0.6 is 23.2 Å². The zero-order valence-corrected chi connectivity index (χ0v) is 12.7. The summed E-state index contributed by atoms with van der Waals surface area (Å²) in [6, 6.07) is 15.2. The van der Waals surface area contributed by atoms with Crippen molar-refractivity contribution in [3.05, 3.63) is 69.2 Å². The van der Waals surface area contributed by atoms with Crippen LogP contribution in [0, 0.1) is 16.7 Å². The molecule has 3 rings (SSSR count). The maximum atomic E-state index is 10.8. The van der Waals surface area contributed by atoms with Crippen molar-refractivity contribution in [3.8, 4) is 6.07 Å². The molecule has 0 spiro atoms. The van der Waals surface area contributed by atoms with E-state index in [9.17, 15) is 10.4 Å². The van der Waals surface area contributed by atoms with E-state index in [1.165, 1.54) is 0 Å². The van der Waals surface area contributed by atoms with Gasteiger partial charge >= 0.3 is 0 Å². The summed E-state index contributed by atoms with van der Waals surface area (Å²) in [4.78, 5) is 0. The van der Waals surface area contributed by atoms with E-state index < -0.39 is 11.5 Å². The number of fused-ring (bicyclic) bond motifs is 1. The van der Waals surface area contributed by atoms with E-state index in [0.29, 0.717) is 28.5 Å². The standard InChI is InChI=1S/C17H13Cl2NO/c18-13-5-6-14(15(19)7-13)16(21)17(10-20)8-11-3-1-2-4-12(11)9-17/h1-7,16,21H,8-9H2. The fourth-order valence-corrected chi connectivity index (χ4v) is 3.51. The Hall–Kier alpha value is -1.53. The third-order valence-corrected chi connectivity index (χ3v) is 4.70. The monoisotopic (exact) mass is 317 g/mol. The van der Waals surface area contributed by atoms with Gasteiger partial charge in [0, 0.05) is 15.6 Å². The Kier molecular flexibility index (Phi) is 3.67. The Morgan fingerprint density at radius 2 is 1.71 bits per heavy atom. The van der Waals surface area contributed by atoms with Crippen LogP contribution in [0.4, 0.5) is 0 Å². The van der Waals surface area contributed by atoms with Crippen molar-refractivity contribution in [2.24, 2.45) is 5.41 Å². The first-order chi connectivity index (χ1) is 10.1. The molecule has 1 unspecified atom stereocenters. The summed E-state index contributed by atoms with van der Waals surface area (Å²) in [6.45, 7) is 0. The Labute approximate surface area is 133 Å². The zero-order valence-electron chi connectivity index (χ0n) is 11.2. The first kappa shape index (κ1) is 14.4. The number of halogens is 2. The molecule has 1 aliphatic rings. The summed E-state index contributed by atoms with van der Waals surface area (Å²) in [5.41, 5.74) is 1.91. The number of aliphatic hydroxyl groups excluding tert-OH is 1. The maximum Gasteiger partial charge on any atom is 0.0997 e. The Morgan fingerprint density at radius 3 is 2.24 bits per heavy atom. The molecule has 0 heterocycles. The molecule has 0 aliphatic heterocycles. The molecule has 4 heteroatoms. The Balaban J connectivity index is 2.00. The topological polar surface area (TPSA) is 44.0 Å². The minimum Gasteiger partial charge on any atom is -0.387 e. The van der Waals surface area contributed by atoms with Gasteiger partial charge in [0.05, 0.1) is 17.6 Å². The summed E-state index contributed by atoms with van der Waals surface area (Å²) in [5.74, 6) is 0. The summed E-state index contributed by atoms with van der Waals surface area (Å²) in [7, 11) is 0. The molecule has 21 heavy (non-hydrogen) atoms. The van der Waals surface area contributed by atoms with Gasteiger partial charge in [-0.05, 0) is 36.1 Å². The number of rotatable bonds is 2. The molecule has 1 atom stereocenters. The predicted octanol–water partition coefficient (Wildman–Crippen LogP) is 4.34. The smallest absolute Gasteiger partial charge is 0.0997 e. The molecule has 106 valence electrons. The molecule has 0 amide bonds. The lowest BCUT2D eigenvalue weighted by Crippen LogP contribution is -2.28. The first-order valence-electron chi connectivity index (χ1n) is 6.67. The minimum atomic E-state index is -0.945. The Morgan fingerprint density at radius 1 is 1.10 bits per heavy atom. The third kappa shape index (κ3) is 2.42. The molecule has 2 aromatic carbocycles. The number of nitriles is 1. The van der Waals surface area contributed by atoms with E-state index in [-0.39, 0.29) is 0 Å². The molecule has 2 aromatic rings. The van der Waals surface area contributed by atoms with E-state index in [1.54, 1.807) is 18.2 Å². The molecule has 0 saturated carbocycles. The van der Waals surface area contributed by atoms with Crippen LogP contribution in [-0.2, 0) is 12.8 Å². The van der Waals surface area contributed by atoms with Gasteiger partial charge in [-0.2, -0.15) is 5.26 Å². The molecular formula is C17H13Cl2NO. The average molecular weight is 318 g/mol. The SMILES string of the molecule is N#CC1(C(O)c2ccc(Cl)cc2Cl)Cc2ccccc2C1. The number of hydrogen-bond donors (Lipinski definition) is 1. The van der Waals surface area contributed by atoms with Gasteiger partial charge in [0.15, 0.2) is 0 Å². The van der Waals surface area contributed by atoms with Crippen LogP contribution < -0.4 is 0 Å². The van der Waals surface area contributed by atoms with E-state index >= 15 is 0 Å². The summed E-state index contributed by atoms with van der Waals surface area (Å²) in [5, 5.41) is 21.4. The fraction of sp³-hybridized carbons (Fsp3) is 0.235. The second-order valence-corrected chi connectivity index (χ2v) is 6.30. The quantitative estimate of drug-likeness (QED) is 0.895. The lowest BCUT2D eigenvalue weighted by Gasteiger charge is -2.28. The van der Waals surface area contributed by atoms with Crippen molar-refractivity contribution >= 4 is 23.2 Å². The highest BCUT2D eigenvalue weighted by Gasteiger charge is 2.44. The third-order valence-electron chi connectivity index (χ3n) is 4.13. The molecule has 0 bridgehead atoms. The van der Waals surface area contributed by atoms with Crippen LogP contribution in [0.15, 0.2) is 42.5 Å². The summed E-state index contributed by atoms with van der Waals surface area (Å²) >= 11 is 12.1. The van der Waals surface area contributed by atoms with Gasteiger partial charge in [0.25, 0.3) is 0 Å². The maximum absolute atomic E-state index is 10.8. The van der Waals surface area contributed by atoms with Crippen molar-refractivity contribution < 1.29 is 5.11 Å². The van der Waals surface area contributed by atoms with E-state index in [1.807, 2.05) is 24.3 Å². The predicted molar refractivity (Wildman–Crippen MR) is 83.3 cm³/mol. The van der Waals surface area contributed by atoms with Crippen LogP contribution in [-0.4, -0.2) is 5.11 Å².